The van der Waals surface area contributed by atoms with E-state index in [-0.39, 0.29) is 0 Å². The molecule has 0 aliphatic carbocycles. The van der Waals surface area contributed by atoms with Gasteiger partial charge in [0.15, 0.2) is 11.4 Å². The van der Waals surface area contributed by atoms with E-state index in [9.17, 15) is 0 Å². The van der Waals surface area contributed by atoms with Crippen LogP contribution in [0.1, 0.15) is 12.8 Å². The van der Waals surface area contributed by atoms with Crippen LogP contribution in [0.5, 0.6) is 0 Å². The molecule has 19 heavy (non-hydrogen) atoms. The second-order valence-corrected chi connectivity index (χ2v) is 6.48. The number of rotatable bonds is 2. The molecule has 0 saturated carbocycles. The van der Waals surface area contributed by atoms with Crippen LogP contribution in [-0.4, -0.2) is 35.7 Å². The van der Waals surface area contributed by atoms with Gasteiger partial charge in [0.2, 0.25) is 0 Å². The number of anilines is 1. The van der Waals surface area contributed by atoms with Gasteiger partial charge in [0.1, 0.15) is 0 Å². The molecule has 3 aliphatic rings. The van der Waals surface area contributed by atoms with Gasteiger partial charge in [0, 0.05) is 17.1 Å². The van der Waals surface area contributed by atoms with Gasteiger partial charge in [0.25, 0.3) is 0 Å². The van der Waals surface area contributed by atoms with Crippen LogP contribution in [-0.2, 0) is 0 Å². The molecule has 0 unspecified atom stereocenters. The molecule has 0 spiro atoms. The van der Waals surface area contributed by atoms with Crippen molar-refractivity contribution in [1.82, 2.24) is 10.1 Å². The fraction of sp³-hybridized carbons (Fsp3) is 0.500. The molecule has 100 valence electrons. The topological polar surface area (TPSA) is 41.3 Å². The molecule has 2 bridgehead atoms. The molecule has 1 N–H and O–H groups in total. The lowest BCUT2D eigenvalue weighted by molar-refractivity contribution is 0.0973. The maximum atomic E-state index is 5.40. The van der Waals surface area contributed by atoms with Crippen molar-refractivity contribution in [3.63, 3.8) is 0 Å². The predicted octanol–water partition coefficient (Wildman–Crippen LogP) is 3.10. The van der Waals surface area contributed by atoms with Crippen molar-refractivity contribution in [1.29, 1.82) is 0 Å². The van der Waals surface area contributed by atoms with Crippen LogP contribution < -0.4 is 5.32 Å². The van der Waals surface area contributed by atoms with Gasteiger partial charge in [-0.25, -0.2) is 0 Å². The molecule has 4 heterocycles. The van der Waals surface area contributed by atoms with E-state index in [0.717, 1.165) is 33.7 Å². The third-order valence-corrected chi connectivity index (χ3v) is 4.91. The van der Waals surface area contributed by atoms with Crippen LogP contribution in [0.4, 0.5) is 5.82 Å². The van der Waals surface area contributed by atoms with Crippen LogP contribution in [0, 0.1) is 5.92 Å². The second-order valence-electron chi connectivity index (χ2n) is 5.56. The quantitative estimate of drug-likeness (QED) is 0.922. The van der Waals surface area contributed by atoms with E-state index in [1.807, 2.05) is 12.1 Å². The van der Waals surface area contributed by atoms with Crippen LogP contribution >= 0.6 is 15.9 Å². The van der Waals surface area contributed by atoms with Crippen molar-refractivity contribution in [2.45, 2.75) is 18.9 Å². The molecule has 5 rings (SSSR count). The Balaban J connectivity index is 1.61. The first-order valence-electron chi connectivity index (χ1n) is 6.83. The zero-order valence-corrected chi connectivity index (χ0v) is 12.2. The molecule has 2 aromatic rings. The standard InChI is InChI=1S/C14H16BrN3O/c15-10-1-2-11-13(7-10)19-17-14(11)16-12-8-18-5-3-9(12)4-6-18/h1-2,7,9,12H,3-6,8H2,(H,16,17)/t12-/m1/s1. The summed E-state index contributed by atoms with van der Waals surface area (Å²) in [6.45, 7) is 3.65. The summed E-state index contributed by atoms with van der Waals surface area (Å²) in [4.78, 5) is 2.54. The monoisotopic (exact) mass is 321 g/mol. The van der Waals surface area contributed by atoms with E-state index >= 15 is 0 Å². The van der Waals surface area contributed by atoms with Gasteiger partial charge in [-0.2, -0.15) is 0 Å². The number of fused-ring (bicyclic) bond motifs is 4. The Morgan fingerprint density at radius 3 is 2.89 bits per heavy atom. The third kappa shape index (κ3) is 2.05. The van der Waals surface area contributed by atoms with E-state index in [1.54, 1.807) is 0 Å². The van der Waals surface area contributed by atoms with Crippen molar-refractivity contribution in [3.05, 3.63) is 22.7 Å². The molecular weight excluding hydrogens is 306 g/mol. The minimum Gasteiger partial charge on any atom is -0.362 e. The Kier molecular flexibility index (Phi) is 2.77. The van der Waals surface area contributed by atoms with Crippen LogP contribution in [0.3, 0.4) is 0 Å². The Labute approximate surface area is 120 Å². The summed E-state index contributed by atoms with van der Waals surface area (Å²) < 4.78 is 6.41. The summed E-state index contributed by atoms with van der Waals surface area (Å²) in [7, 11) is 0. The summed E-state index contributed by atoms with van der Waals surface area (Å²) in [6.07, 6.45) is 2.61. The predicted molar refractivity (Wildman–Crippen MR) is 78.3 cm³/mol. The molecule has 3 saturated heterocycles. The summed E-state index contributed by atoms with van der Waals surface area (Å²) in [5.74, 6) is 1.67. The number of hydrogen-bond donors (Lipinski definition) is 1. The van der Waals surface area contributed by atoms with Gasteiger partial charge in [-0.1, -0.05) is 21.1 Å². The number of benzene rings is 1. The average molecular weight is 322 g/mol. The molecule has 0 radical (unpaired) electrons. The zero-order chi connectivity index (χ0) is 12.8. The lowest BCUT2D eigenvalue weighted by Crippen LogP contribution is -2.53. The molecule has 3 aliphatic heterocycles. The van der Waals surface area contributed by atoms with E-state index in [4.69, 9.17) is 4.52 Å². The van der Waals surface area contributed by atoms with Crippen molar-refractivity contribution in [2.24, 2.45) is 5.92 Å². The molecular formula is C14H16BrN3O. The van der Waals surface area contributed by atoms with E-state index in [0.29, 0.717) is 6.04 Å². The van der Waals surface area contributed by atoms with Crippen molar-refractivity contribution in [2.75, 3.05) is 25.0 Å². The highest BCUT2D eigenvalue weighted by atomic mass is 79.9. The van der Waals surface area contributed by atoms with Crippen LogP contribution in [0.15, 0.2) is 27.2 Å². The van der Waals surface area contributed by atoms with Crippen LogP contribution in [0.25, 0.3) is 11.0 Å². The highest BCUT2D eigenvalue weighted by Gasteiger charge is 2.34. The number of nitrogens with zero attached hydrogens (tertiary/aromatic N) is 2. The molecule has 1 atom stereocenters. The fourth-order valence-electron chi connectivity index (χ4n) is 3.32. The smallest absolute Gasteiger partial charge is 0.177 e. The maximum absolute atomic E-state index is 5.40. The fourth-order valence-corrected chi connectivity index (χ4v) is 3.66. The Hall–Kier alpha value is -1.07. The van der Waals surface area contributed by atoms with Gasteiger partial charge >= 0.3 is 0 Å². The number of hydrogen-bond acceptors (Lipinski definition) is 4. The molecule has 0 amide bonds. The first-order chi connectivity index (χ1) is 9.29. The van der Waals surface area contributed by atoms with Gasteiger partial charge in [0.05, 0.1) is 5.39 Å². The zero-order valence-electron chi connectivity index (χ0n) is 10.6. The normalized spacial score (nSPS) is 29.8. The van der Waals surface area contributed by atoms with E-state index < -0.39 is 0 Å². The van der Waals surface area contributed by atoms with Crippen molar-refractivity contribution in [3.8, 4) is 0 Å². The van der Waals surface area contributed by atoms with Crippen LogP contribution in [0.2, 0.25) is 0 Å². The SMILES string of the molecule is Brc1ccc2c(N[C@@H]3CN4CCC3CC4)noc2c1. The van der Waals surface area contributed by atoms with Gasteiger partial charge in [-0.05, 0) is 50.0 Å². The largest absolute Gasteiger partial charge is 0.362 e. The Morgan fingerprint density at radius 2 is 2.16 bits per heavy atom. The first-order valence-corrected chi connectivity index (χ1v) is 7.63. The molecule has 5 heteroatoms. The highest BCUT2D eigenvalue weighted by Crippen LogP contribution is 2.32. The van der Waals surface area contributed by atoms with E-state index in [2.05, 4.69) is 37.4 Å². The molecule has 1 aromatic heterocycles. The second kappa shape index (κ2) is 4.49. The van der Waals surface area contributed by atoms with Gasteiger partial charge in [-0.3, -0.25) is 0 Å². The summed E-state index contributed by atoms with van der Waals surface area (Å²) >= 11 is 3.45. The minimum atomic E-state index is 0.513. The molecule has 4 nitrogen and oxygen atoms in total. The number of aromatic nitrogens is 1. The van der Waals surface area contributed by atoms with Crippen molar-refractivity contribution < 1.29 is 4.52 Å². The summed E-state index contributed by atoms with van der Waals surface area (Å²) in [6, 6.07) is 6.56. The average Bonchev–Trinajstić information content (AvgIpc) is 2.82. The number of piperidine rings is 3. The Morgan fingerprint density at radius 1 is 1.32 bits per heavy atom. The molecule has 1 aromatic carbocycles. The maximum Gasteiger partial charge on any atom is 0.177 e. The lowest BCUT2D eigenvalue weighted by atomic mass is 9.84. The van der Waals surface area contributed by atoms with Gasteiger partial charge < -0.3 is 14.7 Å². The number of nitrogens with one attached hydrogen (secondary N) is 1. The highest BCUT2D eigenvalue weighted by molar-refractivity contribution is 9.10. The van der Waals surface area contributed by atoms with Gasteiger partial charge in [-0.15, -0.1) is 0 Å². The first kappa shape index (κ1) is 11.7. The Bertz CT molecular complexity index is 604. The lowest BCUT2D eigenvalue weighted by Gasteiger charge is -2.44. The minimum absolute atomic E-state index is 0.513. The third-order valence-electron chi connectivity index (χ3n) is 4.41. The van der Waals surface area contributed by atoms with E-state index in [1.165, 1.54) is 25.9 Å². The van der Waals surface area contributed by atoms with Crippen molar-refractivity contribution >= 4 is 32.7 Å². The molecule has 3 fully saturated rings. The number of halogens is 1. The summed E-state index contributed by atoms with van der Waals surface area (Å²) in [5, 5.41) is 8.85. The summed E-state index contributed by atoms with van der Waals surface area (Å²) in [5.41, 5.74) is 0.832.